The van der Waals surface area contributed by atoms with Gasteiger partial charge in [0.2, 0.25) is 0 Å². The Morgan fingerprint density at radius 3 is 2.56 bits per heavy atom. The van der Waals surface area contributed by atoms with Crippen LogP contribution in [0.3, 0.4) is 0 Å². The van der Waals surface area contributed by atoms with E-state index in [1.807, 2.05) is 13.8 Å². The number of carbonyl (C=O) groups excluding carboxylic acids is 1. The van der Waals surface area contributed by atoms with Crippen molar-refractivity contribution in [1.82, 2.24) is 14.8 Å². The summed E-state index contributed by atoms with van der Waals surface area (Å²) in [4.78, 5) is 16.3. The zero-order valence-corrected chi connectivity index (χ0v) is 19.1. The Hall–Kier alpha value is -3.76. The summed E-state index contributed by atoms with van der Waals surface area (Å²) in [7, 11) is 0. The van der Waals surface area contributed by atoms with Crippen molar-refractivity contribution in [3.63, 3.8) is 0 Å². The molecule has 1 amide bonds. The van der Waals surface area contributed by atoms with Gasteiger partial charge in [-0.1, -0.05) is 26.0 Å². The molecule has 1 aliphatic heterocycles. The van der Waals surface area contributed by atoms with Gasteiger partial charge in [0.25, 0.3) is 5.91 Å². The molecule has 34 heavy (non-hydrogen) atoms. The number of nitrogen functional groups attached to an aromatic ring is 1. The minimum absolute atomic E-state index is 0.0143. The monoisotopic (exact) mass is 474 g/mol. The number of halogens is 3. The van der Waals surface area contributed by atoms with E-state index in [4.69, 9.17) is 16.2 Å². The zero-order chi connectivity index (χ0) is 25.0. The Balaban J connectivity index is 1.87. The van der Waals surface area contributed by atoms with Gasteiger partial charge < -0.3 is 21.5 Å². The quantitative estimate of drug-likeness (QED) is 0.468. The number of fused-ring (bicyclic) bond motifs is 2. The van der Waals surface area contributed by atoms with Gasteiger partial charge in [0.1, 0.15) is 34.3 Å². The molecule has 3 aromatic rings. The molecule has 5 N–H and O–H groups in total. The summed E-state index contributed by atoms with van der Waals surface area (Å²) in [5.41, 5.74) is 11.5. The van der Waals surface area contributed by atoms with Gasteiger partial charge in [0.15, 0.2) is 0 Å². The molecule has 8 nitrogen and oxygen atoms in total. The maximum absolute atomic E-state index is 13.3. The van der Waals surface area contributed by atoms with E-state index in [0.717, 1.165) is 6.07 Å². The summed E-state index contributed by atoms with van der Waals surface area (Å²) in [6.45, 7) is 7.98. The largest absolute Gasteiger partial charge is 0.491 e. The standard InChI is InChI=1S/C23H25F3N6O2/c1-11(2)10-34-15-9-12(5-7-14(15)27)18-17(19(28)33)21-30-20-13(22(3,4)32(21)31-18)6-8-16(29-20)23(24,25)26/h5-9,11H,10,27H2,1-4H3,(H2,28,33)(H,29,30). The van der Waals surface area contributed by atoms with E-state index in [2.05, 4.69) is 15.4 Å². The molecule has 0 fully saturated rings. The van der Waals surface area contributed by atoms with Crippen LogP contribution in [0.5, 0.6) is 5.75 Å². The molecule has 0 bridgehead atoms. The van der Waals surface area contributed by atoms with Crippen LogP contribution in [0.15, 0.2) is 30.3 Å². The first-order valence-corrected chi connectivity index (χ1v) is 10.6. The number of ether oxygens (including phenoxy) is 1. The number of nitrogens with zero attached hydrogens (tertiary/aromatic N) is 3. The van der Waals surface area contributed by atoms with E-state index in [9.17, 15) is 18.0 Å². The number of anilines is 3. The smallest absolute Gasteiger partial charge is 0.433 e. The van der Waals surface area contributed by atoms with Gasteiger partial charge in [-0.05, 0) is 38.0 Å². The molecule has 180 valence electrons. The lowest BCUT2D eigenvalue weighted by Gasteiger charge is -2.34. The predicted octanol–water partition coefficient (Wildman–Crippen LogP) is 4.52. The van der Waals surface area contributed by atoms with Crippen molar-refractivity contribution >= 4 is 23.2 Å². The fraction of sp³-hybridized carbons (Fsp3) is 0.348. The molecule has 0 saturated carbocycles. The Morgan fingerprint density at radius 1 is 1.24 bits per heavy atom. The Bertz CT molecular complexity index is 1280. The van der Waals surface area contributed by atoms with Gasteiger partial charge in [0.05, 0.1) is 17.8 Å². The number of rotatable bonds is 5. The summed E-state index contributed by atoms with van der Waals surface area (Å²) < 4.78 is 47.1. The molecule has 0 unspecified atom stereocenters. The second-order valence-corrected chi connectivity index (χ2v) is 9.08. The van der Waals surface area contributed by atoms with E-state index >= 15 is 0 Å². The van der Waals surface area contributed by atoms with Gasteiger partial charge in [-0.3, -0.25) is 4.79 Å². The van der Waals surface area contributed by atoms with E-state index in [-0.39, 0.29) is 28.8 Å². The number of benzene rings is 1. The third kappa shape index (κ3) is 3.91. The van der Waals surface area contributed by atoms with Gasteiger partial charge in [-0.2, -0.15) is 18.3 Å². The van der Waals surface area contributed by atoms with Crippen LogP contribution < -0.4 is 21.5 Å². The number of nitrogens with one attached hydrogen (secondary N) is 1. The fourth-order valence-corrected chi connectivity index (χ4v) is 3.87. The summed E-state index contributed by atoms with van der Waals surface area (Å²) >= 11 is 0. The van der Waals surface area contributed by atoms with Crippen molar-refractivity contribution in [2.24, 2.45) is 11.7 Å². The molecule has 11 heteroatoms. The zero-order valence-electron chi connectivity index (χ0n) is 19.1. The highest BCUT2D eigenvalue weighted by Crippen LogP contribution is 2.44. The number of pyridine rings is 1. The molecule has 0 aliphatic carbocycles. The molecule has 4 rings (SSSR count). The average Bonchev–Trinajstić information content (AvgIpc) is 3.13. The van der Waals surface area contributed by atoms with Crippen LogP contribution in [0.25, 0.3) is 11.3 Å². The van der Waals surface area contributed by atoms with Crippen LogP contribution >= 0.6 is 0 Å². The second-order valence-electron chi connectivity index (χ2n) is 9.08. The summed E-state index contributed by atoms with van der Waals surface area (Å²) in [5.74, 6) is 0.0469. The third-order valence-electron chi connectivity index (χ3n) is 5.60. The second kappa shape index (κ2) is 7.93. The predicted molar refractivity (Wildman–Crippen MR) is 122 cm³/mol. The van der Waals surface area contributed by atoms with Crippen molar-refractivity contribution in [1.29, 1.82) is 0 Å². The van der Waals surface area contributed by atoms with Crippen LogP contribution in [0.2, 0.25) is 0 Å². The molecule has 3 heterocycles. The minimum Gasteiger partial charge on any atom is -0.491 e. The molecule has 2 aromatic heterocycles. The van der Waals surface area contributed by atoms with Gasteiger partial charge in [-0.25, -0.2) is 9.67 Å². The summed E-state index contributed by atoms with van der Waals surface area (Å²) in [5, 5.41) is 7.49. The summed E-state index contributed by atoms with van der Waals surface area (Å²) in [6.07, 6.45) is -4.62. The maximum Gasteiger partial charge on any atom is 0.433 e. The van der Waals surface area contributed by atoms with Gasteiger partial charge >= 0.3 is 6.18 Å². The first-order chi connectivity index (χ1) is 15.8. The van der Waals surface area contributed by atoms with E-state index in [1.165, 1.54) is 10.7 Å². The number of hydrogen-bond donors (Lipinski definition) is 3. The number of amides is 1. The third-order valence-corrected chi connectivity index (χ3v) is 5.60. The normalized spacial score (nSPS) is 14.4. The number of aromatic nitrogens is 3. The van der Waals surface area contributed by atoms with E-state index in [1.54, 1.807) is 32.0 Å². The van der Waals surface area contributed by atoms with Crippen LogP contribution in [0.1, 0.15) is 49.3 Å². The highest BCUT2D eigenvalue weighted by molar-refractivity contribution is 6.04. The minimum atomic E-state index is -4.62. The summed E-state index contributed by atoms with van der Waals surface area (Å²) in [6, 6.07) is 7.26. The van der Waals surface area contributed by atoms with Crippen LogP contribution in [-0.4, -0.2) is 27.3 Å². The maximum atomic E-state index is 13.3. The van der Waals surface area contributed by atoms with E-state index in [0.29, 0.717) is 29.2 Å². The SMILES string of the molecule is CC(C)COc1cc(-c2nn3c(c2C(N)=O)Nc2nc(C(F)(F)F)ccc2C3(C)C)ccc1N. The van der Waals surface area contributed by atoms with Crippen molar-refractivity contribution in [2.75, 3.05) is 17.7 Å². The van der Waals surface area contributed by atoms with Crippen molar-refractivity contribution in [3.05, 3.63) is 47.2 Å². The molecule has 1 aromatic carbocycles. The first-order valence-electron chi connectivity index (χ1n) is 10.6. The Labute approximate surface area is 194 Å². The Kier molecular flexibility index (Phi) is 5.46. The first kappa shape index (κ1) is 23.4. The molecule has 0 atom stereocenters. The molecule has 0 saturated heterocycles. The number of alkyl halides is 3. The van der Waals surface area contributed by atoms with Gasteiger partial charge in [-0.15, -0.1) is 0 Å². The van der Waals surface area contributed by atoms with Crippen LogP contribution in [0.4, 0.5) is 30.5 Å². The fourth-order valence-electron chi connectivity index (χ4n) is 3.87. The van der Waals surface area contributed by atoms with Crippen LogP contribution in [-0.2, 0) is 11.7 Å². The highest BCUT2D eigenvalue weighted by Gasteiger charge is 2.41. The molecular weight excluding hydrogens is 449 g/mol. The van der Waals surface area contributed by atoms with E-state index < -0.39 is 23.3 Å². The number of hydrogen-bond acceptors (Lipinski definition) is 6. The number of nitrogens with two attached hydrogens (primary N) is 2. The topological polar surface area (TPSA) is 121 Å². The molecule has 0 radical (unpaired) electrons. The van der Waals surface area contributed by atoms with Gasteiger partial charge in [0, 0.05) is 11.1 Å². The number of carbonyl (C=O) groups is 1. The lowest BCUT2D eigenvalue weighted by Crippen LogP contribution is -2.35. The van der Waals surface area contributed by atoms with Crippen molar-refractivity contribution in [3.8, 4) is 17.0 Å². The van der Waals surface area contributed by atoms with Crippen LogP contribution in [0, 0.1) is 5.92 Å². The number of primary amides is 1. The lowest BCUT2D eigenvalue weighted by molar-refractivity contribution is -0.141. The van der Waals surface area contributed by atoms with Crippen molar-refractivity contribution < 1.29 is 22.7 Å². The van der Waals surface area contributed by atoms with Crippen molar-refractivity contribution in [2.45, 2.75) is 39.4 Å². The molecule has 0 spiro atoms. The molecular formula is C23H25F3N6O2. The highest BCUT2D eigenvalue weighted by atomic mass is 19.4. The average molecular weight is 474 g/mol. The Morgan fingerprint density at radius 2 is 1.94 bits per heavy atom. The molecule has 1 aliphatic rings. The lowest BCUT2D eigenvalue weighted by atomic mass is 9.92.